The van der Waals surface area contributed by atoms with Crippen molar-refractivity contribution >= 4 is 23.3 Å². The van der Waals surface area contributed by atoms with Crippen LogP contribution in [-0.4, -0.2) is 17.4 Å². The first-order valence-electron chi connectivity index (χ1n) is 6.82. The number of nitrogen functional groups attached to an aromatic ring is 1. The lowest BCUT2D eigenvalue weighted by atomic mass is 9.98. The Labute approximate surface area is 129 Å². The predicted molar refractivity (Wildman–Crippen MR) is 85.5 cm³/mol. The quantitative estimate of drug-likeness (QED) is 0.891. The van der Waals surface area contributed by atoms with Gasteiger partial charge in [-0.15, -0.1) is 0 Å². The Bertz CT molecular complexity index is 616. The van der Waals surface area contributed by atoms with Crippen LogP contribution in [-0.2, 0) is 0 Å². The lowest BCUT2D eigenvalue weighted by Crippen LogP contribution is -2.25. The van der Waals surface area contributed by atoms with Gasteiger partial charge in [0.1, 0.15) is 5.82 Å². The summed E-state index contributed by atoms with van der Waals surface area (Å²) in [4.78, 5) is 15.9. The van der Waals surface area contributed by atoms with Gasteiger partial charge in [0.25, 0.3) is 5.91 Å². The summed E-state index contributed by atoms with van der Waals surface area (Å²) in [5, 5.41) is 3.16. The van der Waals surface area contributed by atoms with E-state index < -0.39 is 0 Å². The van der Waals surface area contributed by atoms with E-state index in [9.17, 15) is 4.79 Å². The Hall–Kier alpha value is -2.07. The van der Waals surface area contributed by atoms with E-state index in [4.69, 9.17) is 17.3 Å². The first kappa shape index (κ1) is 15.3. The number of hydrogen-bond donors (Lipinski definition) is 2. The minimum atomic E-state index is -0.227. The Balaban J connectivity index is 1.88. The number of pyridine rings is 1. The van der Waals surface area contributed by atoms with Crippen LogP contribution in [0.2, 0.25) is 5.02 Å². The molecule has 0 aliphatic rings. The molecule has 4 nitrogen and oxygen atoms in total. The summed E-state index contributed by atoms with van der Waals surface area (Å²) in [6.07, 6.45) is 2.24. The Morgan fingerprint density at radius 3 is 2.81 bits per heavy atom. The number of benzene rings is 1. The van der Waals surface area contributed by atoms with Crippen LogP contribution < -0.4 is 11.1 Å². The van der Waals surface area contributed by atoms with E-state index >= 15 is 0 Å². The van der Waals surface area contributed by atoms with Crippen LogP contribution >= 0.6 is 11.6 Å². The van der Waals surface area contributed by atoms with Gasteiger partial charge < -0.3 is 11.1 Å². The zero-order valence-electron chi connectivity index (χ0n) is 11.8. The van der Waals surface area contributed by atoms with Gasteiger partial charge in [0.05, 0.1) is 10.6 Å². The average Bonchev–Trinajstić information content (AvgIpc) is 2.50. The molecule has 1 aromatic carbocycles. The zero-order valence-corrected chi connectivity index (χ0v) is 12.6. The number of nitrogens with zero attached hydrogens (tertiary/aromatic N) is 1. The highest BCUT2D eigenvalue weighted by atomic mass is 35.5. The molecule has 1 atom stereocenters. The van der Waals surface area contributed by atoms with Crippen LogP contribution in [0.4, 0.5) is 5.82 Å². The summed E-state index contributed by atoms with van der Waals surface area (Å²) in [5.74, 6) is 0.432. The number of nitrogens with one attached hydrogen (secondary N) is 1. The first-order chi connectivity index (χ1) is 10.1. The fraction of sp³-hybridized carbons (Fsp3) is 0.250. The van der Waals surface area contributed by atoms with Crippen LogP contribution in [0.3, 0.4) is 0 Å². The zero-order chi connectivity index (χ0) is 15.2. The number of hydrogen-bond acceptors (Lipinski definition) is 3. The van der Waals surface area contributed by atoms with Gasteiger partial charge in [-0.05, 0) is 24.0 Å². The van der Waals surface area contributed by atoms with Crippen molar-refractivity contribution in [2.24, 2.45) is 0 Å². The van der Waals surface area contributed by atoms with Crippen molar-refractivity contribution in [1.82, 2.24) is 10.3 Å². The molecule has 1 heterocycles. The van der Waals surface area contributed by atoms with E-state index in [2.05, 4.69) is 29.4 Å². The van der Waals surface area contributed by atoms with Gasteiger partial charge in [0.2, 0.25) is 0 Å². The predicted octanol–water partition coefficient (Wildman–Crippen LogP) is 3.24. The standard InChI is InChI=1S/C16H18ClN3O/c1-11(12-5-3-2-4-6-12)7-8-19-16(21)13-9-15(18)20-10-14(13)17/h2-6,9-11H,7-8H2,1H3,(H2,18,20)(H,19,21). The molecule has 1 unspecified atom stereocenters. The van der Waals surface area contributed by atoms with E-state index in [0.717, 1.165) is 6.42 Å². The maximum absolute atomic E-state index is 12.1. The molecule has 3 N–H and O–H groups in total. The van der Waals surface area contributed by atoms with Crippen LogP contribution in [0.25, 0.3) is 0 Å². The van der Waals surface area contributed by atoms with Crippen LogP contribution in [0.5, 0.6) is 0 Å². The van der Waals surface area contributed by atoms with Crippen molar-refractivity contribution in [2.45, 2.75) is 19.3 Å². The van der Waals surface area contributed by atoms with Gasteiger partial charge in [-0.2, -0.15) is 0 Å². The van der Waals surface area contributed by atoms with Crippen molar-refractivity contribution in [1.29, 1.82) is 0 Å². The lowest BCUT2D eigenvalue weighted by molar-refractivity contribution is 0.0952. The summed E-state index contributed by atoms with van der Waals surface area (Å²) in [6.45, 7) is 2.71. The summed E-state index contributed by atoms with van der Waals surface area (Å²) in [7, 11) is 0. The topological polar surface area (TPSA) is 68.0 Å². The number of amides is 1. The van der Waals surface area contributed by atoms with Gasteiger partial charge >= 0.3 is 0 Å². The molecule has 0 spiro atoms. The molecule has 0 saturated heterocycles. The molecular formula is C16H18ClN3O. The van der Waals surface area contributed by atoms with Gasteiger partial charge in [0, 0.05) is 12.7 Å². The number of carbonyl (C=O) groups is 1. The largest absolute Gasteiger partial charge is 0.384 e. The molecule has 2 rings (SSSR count). The number of rotatable bonds is 5. The second-order valence-corrected chi connectivity index (χ2v) is 5.35. The highest BCUT2D eigenvalue weighted by molar-refractivity contribution is 6.33. The van der Waals surface area contributed by atoms with E-state index in [0.29, 0.717) is 23.0 Å². The number of nitrogens with two attached hydrogens (primary N) is 1. The number of halogens is 1. The molecule has 110 valence electrons. The fourth-order valence-corrected chi connectivity index (χ4v) is 2.26. The number of aromatic nitrogens is 1. The third kappa shape index (κ3) is 4.20. The first-order valence-corrected chi connectivity index (χ1v) is 7.20. The molecule has 2 aromatic rings. The number of carbonyl (C=O) groups excluding carboxylic acids is 1. The lowest BCUT2D eigenvalue weighted by Gasteiger charge is -2.13. The van der Waals surface area contributed by atoms with Crippen LogP contribution in [0.1, 0.15) is 35.2 Å². The summed E-state index contributed by atoms with van der Waals surface area (Å²) < 4.78 is 0. The molecule has 5 heteroatoms. The maximum Gasteiger partial charge on any atom is 0.252 e. The highest BCUT2D eigenvalue weighted by Crippen LogP contribution is 2.19. The van der Waals surface area contributed by atoms with Crippen molar-refractivity contribution in [2.75, 3.05) is 12.3 Å². The van der Waals surface area contributed by atoms with Crippen molar-refractivity contribution in [3.63, 3.8) is 0 Å². The fourth-order valence-electron chi connectivity index (χ4n) is 2.07. The Morgan fingerprint density at radius 2 is 2.10 bits per heavy atom. The molecule has 0 aliphatic carbocycles. The Morgan fingerprint density at radius 1 is 1.38 bits per heavy atom. The molecule has 0 saturated carbocycles. The molecule has 1 amide bonds. The molecular weight excluding hydrogens is 286 g/mol. The van der Waals surface area contributed by atoms with Crippen molar-refractivity contribution in [3.05, 3.63) is 58.7 Å². The van der Waals surface area contributed by atoms with Gasteiger partial charge in [-0.3, -0.25) is 4.79 Å². The third-order valence-corrected chi connectivity index (χ3v) is 3.65. The molecule has 0 fully saturated rings. The van der Waals surface area contributed by atoms with Crippen LogP contribution in [0, 0.1) is 0 Å². The average molecular weight is 304 g/mol. The molecule has 21 heavy (non-hydrogen) atoms. The highest BCUT2D eigenvalue weighted by Gasteiger charge is 2.12. The maximum atomic E-state index is 12.1. The molecule has 0 radical (unpaired) electrons. The SMILES string of the molecule is CC(CCNC(=O)c1cc(N)ncc1Cl)c1ccccc1. The second-order valence-electron chi connectivity index (χ2n) is 4.95. The molecule has 1 aromatic heterocycles. The van der Waals surface area contributed by atoms with Crippen molar-refractivity contribution in [3.8, 4) is 0 Å². The monoisotopic (exact) mass is 303 g/mol. The minimum Gasteiger partial charge on any atom is -0.384 e. The summed E-state index contributed by atoms with van der Waals surface area (Å²) in [5.41, 5.74) is 7.19. The minimum absolute atomic E-state index is 0.227. The Kier molecular flexibility index (Phi) is 5.17. The molecule has 0 aliphatic heterocycles. The summed E-state index contributed by atoms with van der Waals surface area (Å²) >= 11 is 5.95. The smallest absolute Gasteiger partial charge is 0.252 e. The molecule has 0 bridgehead atoms. The third-order valence-electron chi connectivity index (χ3n) is 3.35. The van der Waals surface area contributed by atoms with E-state index in [1.807, 2.05) is 18.2 Å². The van der Waals surface area contributed by atoms with E-state index in [1.54, 1.807) is 0 Å². The number of anilines is 1. The normalized spacial score (nSPS) is 11.9. The van der Waals surface area contributed by atoms with E-state index in [-0.39, 0.29) is 11.7 Å². The second kappa shape index (κ2) is 7.09. The van der Waals surface area contributed by atoms with E-state index in [1.165, 1.54) is 17.8 Å². The van der Waals surface area contributed by atoms with Gasteiger partial charge in [-0.1, -0.05) is 48.9 Å². The summed E-state index contributed by atoms with van der Waals surface area (Å²) in [6, 6.07) is 11.7. The van der Waals surface area contributed by atoms with Gasteiger partial charge in [-0.25, -0.2) is 4.98 Å². The van der Waals surface area contributed by atoms with Gasteiger partial charge in [0.15, 0.2) is 0 Å². The van der Waals surface area contributed by atoms with Crippen LogP contribution in [0.15, 0.2) is 42.6 Å². The van der Waals surface area contributed by atoms with Crippen molar-refractivity contribution < 1.29 is 4.79 Å².